The van der Waals surface area contributed by atoms with E-state index in [4.69, 9.17) is 0 Å². The van der Waals surface area contributed by atoms with Crippen LogP contribution in [0, 0.1) is 17.0 Å². The van der Waals surface area contributed by atoms with Gasteiger partial charge >= 0.3 is 0 Å². The molecule has 3 aromatic rings. The molecule has 0 radical (unpaired) electrons. The normalized spacial score (nSPS) is 11.8. The molecule has 1 aromatic heterocycles. The number of carbonyl (C=O) groups excluding carboxylic acids is 1. The lowest BCUT2D eigenvalue weighted by atomic mass is 10.1. The predicted molar refractivity (Wildman–Crippen MR) is 108 cm³/mol. The third-order valence-electron chi connectivity index (χ3n) is 4.23. The highest BCUT2D eigenvalue weighted by atomic mass is 79.9. The lowest BCUT2D eigenvalue weighted by molar-refractivity contribution is -0.384. The molecule has 1 heterocycles. The summed E-state index contributed by atoms with van der Waals surface area (Å²) in [5.41, 5.74) is 2.22. The molecule has 28 heavy (non-hydrogen) atoms. The van der Waals surface area contributed by atoms with Crippen molar-refractivity contribution in [2.75, 3.05) is 0 Å². The maximum atomic E-state index is 12.6. The highest BCUT2D eigenvalue weighted by Crippen LogP contribution is 2.18. The summed E-state index contributed by atoms with van der Waals surface area (Å²) in [6, 6.07) is 13.8. The zero-order chi connectivity index (χ0) is 20.3. The van der Waals surface area contributed by atoms with Gasteiger partial charge in [0.25, 0.3) is 11.6 Å². The SMILES string of the molecule is Cc1c(C(=O)NC(C)Cc2ccc(Br)cc2)nnn1-c1cccc([N+](=O)[O-])c1. The van der Waals surface area contributed by atoms with E-state index < -0.39 is 4.92 Å². The van der Waals surface area contributed by atoms with Gasteiger partial charge in [0, 0.05) is 22.6 Å². The predicted octanol–water partition coefficient (Wildman–Crippen LogP) is 3.61. The van der Waals surface area contributed by atoms with Crippen LogP contribution in [0.3, 0.4) is 0 Å². The Labute approximate surface area is 169 Å². The molecule has 144 valence electrons. The molecule has 0 bridgehead atoms. The van der Waals surface area contributed by atoms with E-state index in [2.05, 4.69) is 31.6 Å². The Kier molecular flexibility index (Phi) is 5.84. The molecule has 9 heteroatoms. The van der Waals surface area contributed by atoms with Gasteiger partial charge in [0.15, 0.2) is 5.69 Å². The van der Waals surface area contributed by atoms with Crippen molar-refractivity contribution in [1.29, 1.82) is 0 Å². The number of non-ortho nitro benzene ring substituents is 1. The maximum absolute atomic E-state index is 12.6. The van der Waals surface area contributed by atoms with E-state index in [-0.39, 0.29) is 23.3 Å². The maximum Gasteiger partial charge on any atom is 0.273 e. The van der Waals surface area contributed by atoms with Crippen molar-refractivity contribution >= 4 is 27.5 Å². The number of amides is 1. The summed E-state index contributed by atoms with van der Waals surface area (Å²) < 4.78 is 2.42. The lowest BCUT2D eigenvalue weighted by Crippen LogP contribution is -2.34. The van der Waals surface area contributed by atoms with Crippen LogP contribution in [0.1, 0.15) is 28.7 Å². The topological polar surface area (TPSA) is 103 Å². The Morgan fingerprint density at radius 2 is 2.00 bits per heavy atom. The van der Waals surface area contributed by atoms with Crippen LogP contribution in [0.15, 0.2) is 53.0 Å². The third kappa shape index (κ3) is 4.42. The zero-order valence-electron chi connectivity index (χ0n) is 15.3. The fourth-order valence-electron chi connectivity index (χ4n) is 2.84. The van der Waals surface area contributed by atoms with Crippen LogP contribution in [-0.4, -0.2) is 31.9 Å². The molecule has 1 N–H and O–H groups in total. The van der Waals surface area contributed by atoms with Crippen LogP contribution in [0.5, 0.6) is 0 Å². The first kappa shape index (κ1) is 19.7. The number of rotatable bonds is 6. The Morgan fingerprint density at radius 3 is 2.68 bits per heavy atom. The summed E-state index contributed by atoms with van der Waals surface area (Å²) in [6.45, 7) is 3.62. The minimum atomic E-state index is -0.479. The van der Waals surface area contributed by atoms with Gasteiger partial charge in [0.1, 0.15) is 0 Å². The van der Waals surface area contributed by atoms with E-state index in [1.54, 1.807) is 19.1 Å². The number of benzene rings is 2. The number of nitrogens with zero attached hydrogens (tertiary/aromatic N) is 4. The number of nitro groups is 1. The van der Waals surface area contributed by atoms with Crippen LogP contribution in [0.25, 0.3) is 5.69 Å². The standard InChI is InChI=1S/C19H18BrN5O3/c1-12(10-14-6-8-15(20)9-7-14)21-19(26)18-13(2)24(23-22-18)16-4-3-5-17(11-16)25(27)28/h3-9,11-12H,10H2,1-2H3,(H,21,26). The second-order valence-corrected chi connectivity index (χ2v) is 7.33. The molecule has 0 aliphatic rings. The quantitative estimate of drug-likeness (QED) is 0.462. The van der Waals surface area contributed by atoms with Crippen molar-refractivity contribution in [2.24, 2.45) is 0 Å². The summed E-state index contributed by atoms with van der Waals surface area (Å²) in [5.74, 6) is -0.334. The second kappa shape index (κ2) is 8.30. The minimum Gasteiger partial charge on any atom is -0.348 e. The van der Waals surface area contributed by atoms with Crippen molar-refractivity contribution in [2.45, 2.75) is 26.3 Å². The Morgan fingerprint density at radius 1 is 1.29 bits per heavy atom. The first-order valence-corrected chi connectivity index (χ1v) is 9.37. The molecule has 0 aliphatic heterocycles. The number of hydrogen-bond donors (Lipinski definition) is 1. The molecule has 0 fully saturated rings. The van der Waals surface area contributed by atoms with Crippen molar-refractivity contribution in [3.63, 3.8) is 0 Å². The average Bonchev–Trinajstić information content (AvgIpc) is 3.05. The van der Waals surface area contributed by atoms with E-state index >= 15 is 0 Å². The van der Waals surface area contributed by atoms with E-state index in [9.17, 15) is 14.9 Å². The van der Waals surface area contributed by atoms with Gasteiger partial charge in [-0.1, -0.05) is 39.3 Å². The molecule has 1 atom stereocenters. The monoisotopic (exact) mass is 443 g/mol. The first-order chi connectivity index (χ1) is 13.3. The highest BCUT2D eigenvalue weighted by Gasteiger charge is 2.20. The van der Waals surface area contributed by atoms with Crippen molar-refractivity contribution < 1.29 is 9.72 Å². The molecule has 2 aromatic carbocycles. The molecule has 1 unspecified atom stereocenters. The van der Waals surface area contributed by atoms with Crippen LogP contribution < -0.4 is 5.32 Å². The number of nitro benzene ring substituents is 1. The lowest BCUT2D eigenvalue weighted by Gasteiger charge is -2.13. The smallest absolute Gasteiger partial charge is 0.273 e. The molecular formula is C19H18BrN5O3. The molecule has 1 amide bonds. The van der Waals surface area contributed by atoms with Gasteiger partial charge < -0.3 is 5.32 Å². The number of carbonyl (C=O) groups is 1. The number of halogens is 1. The van der Waals surface area contributed by atoms with Crippen LogP contribution in [0.4, 0.5) is 5.69 Å². The van der Waals surface area contributed by atoms with Crippen LogP contribution in [0.2, 0.25) is 0 Å². The first-order valence-electron chi connectivity index (χ1n) is 8.57. The second-order valence-electron chi connectivity index (χ2n) is 6.42. The molecule has 3 rings (SSSR count). The van der Waals surface area contributed by atoms with E-state index in [0.29, 0.717) is 17.8 Å². The van der Waals surface area contributed by atoms with Gasteiger partial charge in [-0.25, -0.2) is 4.68 Å². The number of hydrogen-bond acceptors (Lipinski definition) is 5. The van der Waals surface area contributed by atoms with Gasteiger partial charge in [0.05, 0.1) is 16.3 Å². The Hall–Kier alpha value is -3.07. The summed E-state index contributed by atoms with van der Waals surface area (Å²) in [7, 11) is 0. The van der Waals surface area contributed by atoms with E-state index in [1.165, 1.54) is 16.8 Å². The average molecular weight is 444 g/mol. The van der Waals surface area contributed by atoms with Crippen LogP contribution in [-0.2, 0) is 6.42 Å². The van der Waals surface area contributed by atoms with Gasteiger partial charge in [-0.3, -0.25) is 14.9 Å². The molecule has 8 nitrogen and oxygen atoms in total. The van der Waals surface area contributed by atoms with Gasteiger partial charge in [-0.2, -0.15) is 0 Å². The van der Waals surface area contributed by atoms with Crippen molar-refractivity contribution in [3.05, 3.63) is 80.1 Å². The van der Waals surface area contributed by atoms with Crippen molar-refractivity contribution in [3.8, 4) is 5.69 Å². The Balaban J connectivity index is 1.73. The molecular weight excluding hydrogens is 426 g/mol. The zero-order valence-corrected chi connectivity index (χ0v) is 16.9. The number of nitrogens with one attached hydrogen (secondary N) is 1. The molecule has 0 saturated carbocycles. The van der Waals surface area contributed by atoms with E-state index in [0.717, 1.165) is 10.0 Å². The van der Waals surface area contributed by atoms with Gasteiger partial charge in [-0.15, -0.1) is 5.10 Å². The summed E-state index contributed by atoms with van der Waals surface area (Å²) in [6.07, 6.45) is 0.678. The van der Waals surface area contributed by atoms with Crippen LogP contribution >= 0.6 is 15.9 Å². The highest BCUT2D eigenvalue weighted by molar-refractivity contribution is 9.10. The molecule has 0 spiro atoms. The van der Waals surface area contributed by atoms with Gasteiger partial charge in [0.2, 0.25) is 0 Å². The number of aromatic nitrogens is 3. The fourth-order valence-corrected chi connectivity index (χ4v) is 3.10. The largest absolute Gasteiger partial charge is 0.348 e. The van der Waals surface area contributed by atoms with E-state index in [1.807, 2.05) is 31.2 Å². The van der Waals surface area contributed by atoms with Crippen molar-refractivity contribution in [1.82, 2.24) is 20.3 Å². The minimum absolute atomic E-state index is 0.0541. The Bertz CT molecular complexity index is 1020. The molecule has 0 aliphatic carbocycles. The fraction of sp³-hybridized carbons (Fsp3) is 0.211. The molecule has 0 saturated heterocycles. The summed E-state index contributed by atoms with van der Waals surface area (Å²) in [5, 5.41) is 21.8. The summed E-state index contributed by atoms with van der Waals surface area (Å²) in [4.78, 5) is 23.1. The summed E-state index contributed by atoms with van der Waals surface area (Å²) >= 11 is 3.40. The third-order valence-corrected chi connectivity index (χ3v) is 4.76. The van der Waals surface area contributed by atoms with Gasteiger partial charge in [-0.05, 0) is 44.0 Å².